The third kappa shape index (κ3) is 3.29. The van der Waals surface area contributed by atoms with Crippen molar-refractivity contribution in [1.29, 1.82) is 0 Å². The molecule has 0 saturated carbocycles. The van der Waals surface area contributed by atoms with Crippen LogP contribution in [0.15, 0.2) is 66.7 Å². The Hall–Kier alpha value is -3.14. The summed E-state index contributed by atoms with van der Waals surface area (Å²) in [7, 11) is 0. The van der Waals surface area contributed by atoms with E-state index < -0.39 is 5.60 Å². The molecule has 1 saturated heterocycles. The van der Waals surface area contributed by atoms with Crippen LogP contribution in [0.2, 0.25) is 0 Å². The third-order valence-corrected chi connectivity index (χ3v) is 6.21. The van der Waals surface area contributed by atoms with Crippen LogP contribution in [0.5, 0.6) is 5.75 Å². The van der Waals surface area contributed by atoms with Gasteiger partial charge in [-0.05, 0) is 17.0 Å². The zero-order valence-electron chi connectivity index (χ0n) is 16.3. The van der Waals surface area contributed by atoms with E-state index in [1.54, 1.807) is 0 Å². The van der Waals surface area contributed by atoms with Gasteiger partial charge in [-0.1, -0.05) is 60.7 Å². The summed E-state index contributed by atoms with van der Waals surface area (Å²) < 4.78 is 6.53. The van der Waals surface area contributed by atoms with Crippen LogP contribution >= 0.6 is 0 Å². The molecule has 3 aromatic rings. The van der Waals surface area contributed by atoms with E-state index in [1.165, 1.54) is 0 Å². The van der Waals surface area contributed by atoms with Gasteiger partial charge in [-0.3, -0.25) is 9.59 Å². The predicted octanol–water partition coefficient (Wildman–Crippen LogP) is 4.41. The van der Waals surface area contributed by atoms with E-state index in [4.69, 9.17) is 4.74 Å². The molecule has 0 N–H and O–H groups in total. The normalized spacial score (nSPS) is 17.8. The Morgan fingerprint density at radius 2 is 1.66 bits per heavy atom. The van der Waals surface area contributed by atoms with Gasteiger partial charge in [0.2, 0.25) is 5.91 Å². The SMILES string of the molecule is O=C1CC2(CCN(C(=O)Cc3ccccc3)CC2)Oc2c1ccc1ccccc21. The number of rotatable bonds is 2. The highest BCUT2D eigenvalue weighted by molar-refractivity contribution is 6.06. The van der Waals surface area contributed by atoms with Crippen LogP contribution in [0.25, 0.3) is 10.8 Å². The number of piperidine rings is 1. The highest BCUT2D eigenvalue weighted by Gasteiger charge is 2.44. The Balaban J connectivity index is 1.34. The second-order valence-corrected chi connectivity index (χ2v) is 8.09. The van der Waals surface area contributed by atoms with E-state index >= 15 is 0 Å². The van der Waals surface area contributed by atoms with Crippen LogP contribution in [-0.2, 0) is 11.2 Å². The molecule has 0 radical (unpaired) electrons. The van der Waals surface area contributed by atoms with Gasteiger partial charge in [0.1, 0.15) is 11.4 Å². The maximum absolute atomic E-state index is 12.9. The molecule has 0 aliphatic carbocycles. The predicted molar refractivity (Wildman–Crippen MR) is 112 cm³/mol. The van der Waals surface area contributed by atoms with Crippen molar-refractivity contribution in [3.63, 3.8) is 0 Å². The van der Waals surface area contributed by atoms with Crippen molar-refractivity contribution in [2.24, 2.45) is 0 Å². The second-order valence-electron chi connectivity index (χ2n) is 8.09. The standard InChI is InChI=1S/C25H23NO3/c27-22-17-25(29-24-20-9-5-4-8-19(20)10-11-21(22)24)12-14-26(15-13-25)23(28)16-18-6-2-1-3-7-18/h1-11H,12-17H2. The molecule has 4 nitrogen and oxygen atoms in total. The number of ether oxygens (including phenoxy) is 1. The molecule has 5 rings (SSSR count). The van der Waals surface area contributed by atoms with Crippen molar-refractivity contribution in [3.05, 3.63) is 77.9 Å². The molecule has 1 spiro atoms. The molecule has 0 atom stereocenters. The monoisotopic (exact) mass is 385 g/mol. The fraction of sp³-hybridized carbons (Fsp3) is 0.280. The smallest absolute Gasteiger partial charge is 0.226 e. The van der Waals surface area contributed by atoms with E-state index in [1.807, 2.05) is 71.6 Å². The van der Waals surface area contributed by atoms with Gasteiger partial charge >= 0.3 is 0 Å². The van der Waals surface area contributed by atoms with Gasteiger partial charge in [0.15, 0.2) is 5.78 Å². The minimum absolute atomic E-state index is 0.138. The Morgan fingerprint density at radius 3 is 2.45 bits per heavy atom. The molecule has 1 amide bonds. The fourth-order valence-electron chi connectivity index (χ4n) is 4.54. The van der Waals surface area contributed by atoms with Gasteiger partial charge in [-0.25, -0.2) is 0 Å². The number of likely N-dealkylation sites (tertiary alicyclic amines) is 1. The number of amides is 1. The van der Waals surface area contributed by atoms with E-state index in [-0.39, 0.29) is 11.7 Å². The zero-order chi connectivity index (χ0) is 19.8. The number of hydrogen-bond acceptors (Lipinski definition) is 3. The topological polar surface area (TPSA) is 46.6 Å². The van der Waals surface area contributed by atoms with Crippen LogP contribution in [-0.4, -0.2) is 35.3 Å². The molecule has 0 bridgehead atoms. The van der Waals surface area contributed by atoms with E-state index in [0.717, 1.165) is 16.3 Å². The summed E-state index contributed by atoms with van der Waals surface area (Å²) in [6.45, 7) is 1.25. The first kappa shape index (κ1) is 17.9. The van der Waals surface area contributed by atoms with Crippen molar-refractivity contribution >= 4 is 22.5 Å². The number of benzene rings is 3. The Bertz CT molecular complexity index is 1080. The summed E-state index contributed by atoms with van der Waals surface area (Å²) in [6.07, 6.45) is 2.17. The van der Waals surface area contributed by atoms with E-state index in [2.05, 4.69) is 0 Å². The number of Topliss-reactive ketones (excluding diaryl/α,β-unsaturated/α-hetero) is 1. The van der Waals surface area contributed by atoms with Crippen molar-refractivity contribution in [3.8, 4) is 5.75 Å². The number of carbonyl (C=O) groups excluding carboxylic acids is 2. The Kier molecular flexibility index (Phi) is 4.35. The van der Waals surface area contributed by atoms with Crippen LogP contribution in [0.3, 0.4) is 0 Å². The van der Waals surface area contributed by atoms with Crippen LogP contribution in [0.4, 0.5) is 0 Å². The van der Waals surface area contributed by atoms with Crippen molar-refractivity contribution in [2.45, 2.75) is 31.3 Å². The third-order valence-electron chi connectivity index (χ3n) is 6.21. The van der Waals surface area contributed by atoms with Gasteiger partial charge in [0.05, 0.1) is 18.4 Å². The van der Waals surface area contributed by atoms with Gasteiger partial charge in [-0.15, -0.1) is 0 Å². The lowest BCUT2D eigenvalue weighted by molar-refractivity contribution is -0.134. The summed E-state index contributed by atoms with van der Waals surface area (Å²) in [6, 6.07) is 21.7. The number of carbonyl (C=O) groups is 2. The quantitative estimate of drug-likeness (QED) is 0.656. The maximum atomic E-state index is 12.9. The molecular weight excluding hydrogens is 362 g/mol. The molecule has 29 heavy (non-hydrogen) atoms. The molecule has 2 aliphatic rings. The average Bonchev–Trinajstić information content (AvgIpc) is 2.75. The van der Waals surface area contributed by atoms with Crippen molar-refractivity contribution < 1.29 is 14.3 Å². The minimum Gasteiger partial charge on any atom is -0.485 e. The van der Waals surface area contributed by atoms with Crippen LogP contribution in [0, 0.1) is 0 Å². The summed E-state index contributed by atoms with van der Waals surface area (Å²) >= 11 is 0. The van der Waals surface area contributed by atoms with Crippen molar-refractivity contribution in [1.82, 2.24) is 4.90 Å². The summed E-state index contributed by atoms with van der Waals surface area (Å²) in [5, 5.41) is 2.06. The molecule has 4 heteroatoms. The zero-order valence-corrected chi connectivity index (χ0v) is 16.3. The molecule has 2 aliphatic heterocycles. The number of fused-ring (bicyclic) bond motifs is 3. The first-order chi connectivity index (χ1) is 14.1. The molecule has 1 fully saturated rings. The van der Waals surface area contributed by atoms with Gasteiger partial charge < -0.3 is 9.64 Å². The number of hydrogen-bond donors (Lipinski definition) is 0. The van der Waals surface area contributed by atoms with Crippen molar-refractivity contribution in [2.75, 3.05) is 13.1 Å². The van der Waals surface area contributed by atoms with E-state index in [9.17, 15) is 9.59 Å². The van der Waals surface area contributed by atoms with Crippen LogP contribution < -0.4 is 4.74 Å². The number of nitrogens with zero attached hydrogens (tertiary/aromatic N) is 1. The highest BCUT2D eigenvalue weighted by atomic mass is 16.5. The molecule has 3 aromatic carbocycles. The van der Waals surface area contributed by atoms with Crippen LogP contribution in [0.1, 0.15) is 35.2 Å². The van der Waals surface area contributed by atoms with Gasteiger partial charge in [0.25, 0.3) is 0 Å². The number of ketones is 1. The first-order valence-corrected chi connectivity index (χ1v) is 10.2. The van der Waals surface area contributed by atoms with Gasteiger partial charge in [0, 0.05) is 31.3 Å². The lowest BCUT2D eigenvalue weighted by Crippen LogP contribution is -2.52. The maximum Gasteiger partial charge on any atom is 0.226 e. The first-order valence-electron chi connectivity index (χ1n) is 10.2. The molecular formula is C25H23NO3. The second kappa shape index (κ2) is 7.03. The molecule has 0 aromatic heterocycles. The summed E-state index contributed by atoms with van der Waals surface area (Å²) in [4.78, 5) is 27.5. The Morgan fingerprint density at radius 1 is 0.931 bits per heavy atom. The lowest BCUT2D eigenvalue weighted by atomic mass is 9.81. The van der Waals surface area contributed by atoms with E-state index in [0.29, 0.717) is 50.1 Å². The molecule has 146 valence electrons. The summed E-state index contributed by atoms with van der Waals surface area (Å²) in [5.41, 5.74) is 1.21. The highest BCUT2D eigenvalue weighted by Crippen LogP contribution is 2.42. The summed E-state index contributed by atoms with van der Waals surface area (Å²) in [5.74, 6) is 0.989. The Labute approximate surface area is 170 Å². The lowest BCUT2D eigenvalue weighted by Gasteiger charge is -2.44. The molecule has 0 unspecified atom stereocenters. The fourth-order valence-corrected chi connectivity index (χ4v) is 4.54. The van der Waals surface area contributed by atoms with Gasteiger partial charge in [-0.2, -0.15) is 0 Å². The minimum atomic E-state index is -0.502. The average molecular weight is 385 g/mol. The largest absolute Gasteiger partial charge is 0.485 e. The molecule has 2 heterocycles.